The number of carbonyl (C=O) groups excluding carboxylic acids is 1. The summed E-state index contributed by atoms with van der Waals surface area (Å²) in [7, 11) is 0. The number of allylic oxidation sites excluding steroid dienone is 1. The van der Waals surface area contributed by atoms with Gasteiger partial charge in [0.25, 0.3) is 5.91 Å². The van der Waals surface area contributed by atoms with E-state index in [4.69, 9.17) is 5.11 Å². The van der Waals surface area contributed by atoms with Gasteiger partial charge < -0.3 is 10.4 Å². The van der Waals surface area contributed by atoms with E-state index in [1.165, 1.54) is 0 Å². The SMILES string of the molecule is C=CCCC(NC(=O)c1cccc(Br)c1C)C(=O)O. The predicted molar refractivity (Wildman–Crippen MR) is 77.2 cm³/mol. The van der Waals surface area contributed by atoms with E-state index >= 15 is 0 Å². The van der Waals surface area contributed by atoms with Crippen LogP contribution >= 0.6 is 15.9 Å². The van der Waals surface area contributed by atoms with Gasteiger partial charge in [0.15, 0.2) is 0 Å². The average molecular weight is 326 g/mol. The summed E-state index contributed by atoms with van der Waals surface area (Å²) >= 11 is 3.34. The third kappa shape index (κ3) is 4.21. The summed E-state index contributed by atoms with van der Waals surface area (Å²) < 4.78 is 0.818. The van der Waals surface area contributed by atoms with Crippen LogP contribution in [0.25, 0.3) is 0 Å². The molecule has 1 aromatic carbocycles. The molecule has 0 aliphatic carbocycles. The molecule has 0 aromatic heterocycles. The molecule has 0 saturated carbocycles. The van der Waals surface area contributed by atoms with Gasteiger partial charge >= 0.3 is 5.97 Å². The maximum absolute atomic E-state index is 12.1. The van der Waals surface area contributed by atoms with E-state index in [-0.39, 0.29) is 5.91 Å². The van der Waals surface area contributed by atoms with Crippen molar-refractivity contribution >= 4 is 27.8 Å². The highest BCUT2D eigenvalue weighted by Crippen LogP contribution is 2.19. The van der Waals surface area contributed by atoms with Gasteiger partial charge in [0.2, 0.25) is 0 Å². The Morgan fingerprint density at radius 3 is 2.79 bits per heavy atom. The van der Waals surface area contributed by atoms with E-state index in [9.17, 15) is 9.59 Å². The molecular formula is C14H16BrNO3. The fraction of sp³-hybridized carbons (Fsp3) is 0.286. The quantitative estimate of drug-likeness (QED) is 0.790. The van der Waals surface area contributed by atoms with Gasteiger partial charge in [-0.3, -0.25) is 4.79 Å². The molecule has 1 rings (SSSR count). The minimum atomic E-state index is -1.04. The van der Waals surface area contributed by atoms with Crippen molar-refractivity contribution in [2.75, 3.05) is 0 Å². The van der Waals surface area contributed by atoms with Crippen molar-refractivity contribution in [3.05, 3.63) is 46.5 Å². The molecule has 1 atom stereocenters. The monoisotopic (exact) mass is 325 g/mol. The Kier molecular flexibility index (Phi) is 5.76. The molecule has 1 amide bonds. The van der Waals surface area contributed by atoms with Crippen LogP contribution in [0.2, 0.25) is 0 Å². The lowest BCUT2D eigenvalue weighted by atomic mass is 10.1. The number of hydrogen-bond acceptors (Lipinski definition) is 2. The van der Waals surface area contributed by atoms with Gasteiger partial charge in [-0.25, -0.2) is 4.79 Å². The molecule has 0 saturated heterocycles. The highest BCUT2D eigenvalue weighted by Gasteiger charge is 2.20. The first-order valence-corrected chi connectivity index (χ1v) is 6.66. The van der Waals surface area contributed by atoms with E-state index < -0.39 is 12.0 Å². The summed E-state index contributed by atoms with van der Waals surface area (Å²) in [4.78, 5) is 23.1. The van der Waals surface area contributed by atoms with Gasteiger partial charge in [0.05, 0.1) is 0 Å². The summed E-state index contributed by atoms with van der Waals surface area (Å²) in [5.74, 6) is -1.42. The first-order valence-electron chi connectivity index (χ1n) is 5.87. The summed E-state index contributed by atoms with van der Waals surface area (Å²) in [5, 5.41) is 11.6. The second kappa shape index (κ2) is 7.09. The topological polar surface area (TPSA) is 66.4 Å². The molecule has 4 nitrogen and oxygen atoms in total. The van der Waals surface area contributed by atoms with Crippen LogP contribution in [0.3, 0.4) is 0 Å². The minimum absolute atomic E-state index is 0.331. The number of aliphatic carboxylic acids is 1. The Hall–Kier alpha value is -1.62. The van der Waals surface area contributed by atoms with Crippen LogP contribution in [0.15, 0.2) is 35.3 Å². The number of halogens is 1. The molecule has 0 aliphatic heterocycles. The molecule has 5 heteroatoms. The molecule has 102 valence electrons. The molecule has 0 spiro atoms. The largest absolute Gasteiger partial charge is 0.480 e. The summed E-state index contributed by atoms with van der Waals surface area (Å²) in [6.07, 6.45) is 2.50. The van der Waals surface area contributed by atoms with Crippen LogP contribution in [-0.2, 0) is 4.79 Å². The van der Waals surface area contributed by atoms with E-state index in [0.717, 1.165) is 10.0 Å². The zero-order valence-electron chi connectivity index (χ0n) is 10.6. The molecular weight excluding hydrogens is 310 g/mol. The summed E-state index contributed by atoms with van der Waals surface area (Å²) in [5.41, 5.74) is 1.26. The van der Waals surface area contributed by atoms with Crippen LogP contribution in [0.5, 0.6) is 0 Å². The van der Waals surface area contributed by atoms with Crippen LogP contribution in [0.1, 0.15) is 28.8 Å². The normalized spacial score (nSPS) is 11.7. The Balaban J connectivity index is 2.84. The maximum Gasteiger partial charge on any atom is 0.326 e. The Morgan fingerprint density at radius 2 is 2.21 bits per heavy atom. The van der Waals surface area contributed by atoms with Crippen molar-refractivity contribution < 1.29 is 14.7 Å². The van der Waals surface area contributed by atoms with Gasteiger partial charge in [-0.1, -0.05) is 28.1 Å². The minimum Gasteiger partial charge on any atom is -0.480 e. The number of rotatable bonds is 6. The molecule has 0 aliphatic rings. The van der Waals surface area contributed by atoms with Gasteiger partial charge in [-0.05, 0) is 37.5 Å². The lowest BCUT2D eigenvalue weighted by Crippen LogP contribution is -2.40. The number of hydrogen-bond donors (Lipinski definition) is 2. The molecule has 0 bridgehead atoms. The Labute approximate surface area is 120 Å². The third-order valence-corrected chi connectivity index (χ3v) is 3.63. The molecule has 2 N–H and O–H groups in total. The third-order valence-electron chi connectivity index (χ3n) is 2.78. The van der Waals surface area contributed by atoms with E-state index in [2.05, 4.69) is 27.8 Å². The van der Waals surface area contributed by atoms with Crippen molar-refractivity contribution in [2.24, 2.45) is 0 Å². The van der Waals surface area contributed by atoms with E-state index in [1.807, 2.05) is 6.07 Å². The zero-order valence-corrected chi connectivity index (χ0v) is 12.2. The standard InChI is InChI=1S/C14H16BrNO3/c1-3-4-8-12(14(18)19)16-13(17)10-6-5-7-11(15)9(10)2/h3,5-7,12H,1,4,8H2,2H3,(H,16,17)(H,18,19). The number of nitrogens with one attached hydrogen (secondary N) is 1. The first-order chi connectivity index (χ1) is 8.97. The van der Waals surface area contributed by atoms with Crippen LogP contribution in [0.4, 0.5) is 0 Å². The number of amides is 1. The highest BCUT2D eigenvalue weighted by atomic mass is 79.9. The van der Waals surface area contributed by atoms with Crippen LogP contribution in [-0.4, -0.2) is 23.0 Å². The second-order valence-corrected chi connectivity index (χ2v) is 5.00. The molecule has 0 heterocycles. The lowest BCUT2D eigenvalue weighted by molar-refractivity contribution is -0.139. The van der Waals surface area contributed by atoms with E-state index in [0.29, 0.717) is 18.4 Å². The number of carboxylic acids is 1. The van der Waals surface area contributed by atoms with Gasteiger partial charge in [0, 0.05) is 10.0 Å². The maximum atomic E-state index is 12.1. The smallest absolute Gasteiger partial charge is 0.326 e. The van der Waals surface area contributed by atoms with Crippen molar-refractivity contribution in [3.8, 4) is 0 Å². The van der Waals surface area contributed by atoms with Crippen LogP contribution in [0, 0.1) is 6.92 Å². The van der Waals surface area contributed by atoms with Crippen molar-refractivity contribution in [1.29, 1.82) is 0 Å². The van der Waals surface area contributed by atoms with Gasteiger partial charge in [-0.2, -0.15) is 0 Å². The van der Waals surface area contributed by atoms with Crippen molar-refractivity contribution in [1.82, 2.24) is 5.32 Å². The fourth-order valence-electron chi connectivity index (χ4n) is 1.63. The van der Waals surface area contributed by atoms with Crippen LogP contribution < -0.4 is 5.32 Å². The lowest BCUT2D eigenvalue weighted by Gasteiger charge is -2.15. The van der Waals surface area contributed by atoms with E-state index in [1.54, 1.807) is 25.1 Å². The van der Waals surface area contributed by atoms with Crippen molar-refractivity contribution in [2.45, 2.75) is 25.8 Å². The number of carbonyl (C=O) groups is 2. The average Bonchev–Trinajstić information content (AvgIpc) is 2.37. The molecule has 0 fully saturated rings. The van der Waals surface area contributed by atoms with Crippen molar-refractivity contribution in [3.63, 3.8) is 0 Å². The predicted octanol–water partition coefficient (Wildman–Crippen LogP) is 2.91. The highest BCUT2D eigenvalue weighted by molar-refractivity contribution is 9.10. The Morgan fingerprint density at radius 1 is 1.53 bits per heavy atom. The van der Waals surface area contributed by atoms with Gasteiger partial charge in [0.1, 0.15) is 6.04 Å². The fourth-order valence-corrected chi connectivity index (χ4v) is 2.00. The number of benzene rings is 1. The second-order valence-electron chi connectivity index (χ2n) is 4.14. The molecule has 1 unspecified atom stereocenters. The zero-order chi connectivity index (χ0) is 14.4. The Bertz CT molecular complexity index is 499. The molecule has 19 heavy (non-hydrogen) atoms. The molecule has 0 radical (unpaired) electrons. The first kappa shape index (κ1) is 15.4. The number of carboxylic acid groups (broad SMARTS) is 1. The summed E-state index contributed by atoms with van der Waals surface area (Å²) in [6, 6.07) is 4.34. The van der Waals surface area contributed by atoms with Gasteiger partial charge in [-0.15, -0.1) is 6.58 Å². The summed E-state index contributed by atoms with van der Waals surface area (Å²) in [6.45, 7) is 5.35. The molecule has 1 aromatic rings.